The zero-order valence-electron chi connectivity index (χ0n) is 20.6. The van der Waals surface area contributed by atoms with Crippen LogP contribution >= 0.6 is 0 Å². The summed E-state index contributed by atoms with van der Waals surface area (Å²) in [5, 5.41) is 21.9. The summed E-state index contributed by atoms with van der Waals surface area (Å²) in [4.78, 5) is 26.2. The topological polar surface area (TPSA) is 132 Å². The van der Waals surface area contributed by atoms with Crippen molar-refractivity contribution in [2.24, 2.45) is 22.1 Å². The molecular formula is C26H37N5O3. The van der Waals surface area contributed by atoms with Gasteiger partial charge in [0.15, 0.2) is 5.84 Å². The molecule has 1 atom stereocenters. The second kappa shape index (κ2) is 15.4. The van der Waals surface area contributed by atoms with Gasteiger partial charge in [-0.2, -0.15) is 0 Å². The molecule has 184 valence electrons. The number of hydrogen-bond acceptors (Lipinski definition) is 5. The minimum absolute atomic E-state index is 0.00185. The maximum atomic E-state index is 12.7. The average molecular weight is 468 g/mol. The van der Waals surface area contributed by atoms with Crippen molar-refractivity contribution in [2.45, 2.75) is 52.5 Å². The number of unbranched alkanes of at least 4 members (excludes halogenated alkanes) is 1. The number of carbonyl (C=O) groups is 2. The highest BCUT2D eigenvalue weighted by Gasteiger charge is 2.25. The van der Waals surface area contributed by atoms with Gasteiger partial charge in [-0.15, -0.1) is 5.11 Å². The number of nitrogens with two attached hydrogens (primary N) is 1. The summed E-state index contributed by atoms with van der Waals surface area (Å²) >= 11 is 0. The molecule has 4 N–H and O–H groups in total. The molecule has 1 unspecified atom stereocenters. The molecule has 2 aromatic carbocycles. The van der Waals surface area contributed by atoms with Gasteiger partial charge in [-0.05, 0) is 35.4 Å². The first-order valence-corrected chi connectivity index (χ1v) is 11.5. The number of rotatable bonds is 11. The molecule has 0 saturated carbocycles. The van der Waals surface area contributed by atoms with Gasteiger partial charge in [0.05, 0.1) is 6.04 Å². The predicted molar refractivity (Wildman–Crippen MR) is 136 cm³/mol. The molecule has 0 radical (unpaired) electrons. The highest BCUT2D eigenvalue weighted by molar-refractivity contribution is 6.02. The van der Waals surface area contributed by atoms with Crippen LogP contribution in [-0.4, -0.2) is 47.7 Å². The van der Waals surface area contributed by atoms with E-state index in [9.17, 15) is 9.59 Å². The molecule has 0 aromatic heterocycles. The zero-order chi connectivity index (χ0) is 25.5. The minimum Gasteiger partial charge on any atom is -0.400 e. The molecule has 0 bridgehead atoms. The molecule has 34 heavy (non-hydrogen) atoms. The van der Waals surface area contributed by atoms with Crippen molar-refractivity contribution in [3.8, 4) is 11.1 Å². The molecule has 2 aromatic rings. The first kappa shape index (κ1) is 28.6. The van der Waals surface area contributed by atoms with Crippen LogP contribution < -0.4 is 5.84 Å². The predicted octanol–water partition coefficient (Wildman–Crippen LogP) is 4.40. The largest absolute Gasteiger partial charge is 0.400 e. The van der Waals surface area contributed by atoms with Crippen LogP contribution in [0.2, 0.25) is 0 Å². The summed E-state index contributed by atoms with van der Waals surface area (Å²) < 4.78 is 0. The van der Waals surface area contributed by atoms with Crippen molar-refractivity contribution < 1.29 is 14.7 Å². The Morgan fingerprint density at radius 2 is 1.79 bits per heavy atom. The van der Waals surface area contributed by atoms with Crippen LogP contribution in [0.1, 0.15) is 51.2 Å². The highest BCUT2D eigenvalue weighted by atomic mass is 16.2. The lowest BCUT2D eigenvalue weighted by Crippen LogP contribution is -2.45. The number of aliphatic hydroxyl groups excluding tert-OH is 1. The van der Waals surface area contributed by atoms with E-state index in [1.54, 1.807) is 4.90 Å². The van der Waals surface area contributed by atoms with Gasteiger partial charge in [0, 0.05) is 25.6 Å². The number of nitrogens with one attached hydrogen (secondary N) is 1. The van der Waals surface area contributed by atoms with Crippen LogP contribution in [0.15, 0.2) is 58.9 Å². The number of amidine groups is 1. The van der Waals surface area contributed by atoms with Gasteiger partial charge >= 0.3 is 0 Å². The molecule has 8 heteroatoms. The summed E-state index contributed by atoms with van der Waals surface area (Å²) in [6.45, 7) is 6.49. The second-order valence-corrected chi connectivity index (χ2v) is 8.12. The zero-order valence-corrected chi connectivity index (χ0v) is 20.6. The smallest absolute Gasteiger partial charge is 0.223 e. The number of benzene rings is 2. The van der Waals surface area contributed by atoms with Crippen molar-refractivity contribution in [2.75, 3.05) is 13.7 Å². The molecule has 0 aliphatic heterocycles. The van der Waals surface area contributed by atoms with E-state index < -0.39 is 6.04 Å². The SMILES string of the molecule is CCCCC(=O)N(CCc1ccc(-c2ccccc2C(=N)N=NN)cc1)C(C=O)C(C)C.CO. The Morgan fingerprint density at radius 3 is 2.35 bits per heavy atom. The summed E-state index contributed by atoms with van der Waals surface area (Å²) in [5.74, 6) is 5.21. The quantitative estimate of drug-likeness (QED) is 0.113. The van der Waals surface area contributed by atoms with Crippen LogP contribution in [0.25, 0.3) is 11.1 Å². The van der Waals surface area contributed by atoms with Gasteiger partial charge in [0.25, 0.3) is 0 Å². The van der Waals surface area contributed by atoms with E-state index in [0.717, 1.165) is 42.9 Å². The van der Waals surface area contributed by atoms with Crippen LogP contribution in [0.4, 0.5) is 0 Å². The Balaban J connectivity index is 0.00000281. The van der Waals surface area contributed by atoms with Gasteiger partial charge < -0.3 is 20.6 Å². The third-order valence-electron chi connectivity index (χ3n) is 5.49. The molecule has 0 aliphatic carbocycles. The van der Waals surface area contributed by atoms with E-state index in [2.05, 4.69) is 17.3 Å². The molecule has 8 nitrogen and oxygen atoms in total. The molecule has 0 fully saturated rings. The maximum absolute atomic E-state index is 12.7. The maximum Gasteiger partial charge on any atom is 0.223 e. The van der Waals surface area contributed by atoms with E-state index in [1.807, 2.05) is 62.4 Å². The summed E-state index contributed by atoms with van der Waals surface area (Å²) in [6.07, 6.45) is 3.79. The van der Waals surface area contributed by atoms with E-state index >= 15 is 0 Å². The molecule has 0 heterocycles. The Labute approximate surface area is 202 Å². The number of carbonyl (C=O) groups excluding carboxylic acids is 2. The number of amides is 1. The Bertz CT molecular complexity index is 942. The van der Waals surface area contributed by atoms with Crippen LogP contribution in [0.3, 0.4) is 0 Å². The fourth-order valence-corrected chi connectivity index (χ4v) is 3.66. The number of aliphatic hydroxyl groups is 1. The van der Waals surface area contributed by atoms with Crippen molar-refractivity contribution in [1.82, 2.24) is 4.90 Å². The van der Waals surface area contributed by atoms with Crippen LogP contribution in [0, 0.1) is 11.3 Å². The number of nitrogens with zero attached hydrogens (tertiary/aromatic N) is 3. The highest BCUT2D eigenvalue weighted by Crippen LogP contribution is 2.25. The van der Waals surface area contributed by atoms with E-state index in [0.29, 0.717) is 24.9 Å². The molecule has 1 amide bonds. The van der Waals surface area contributed by atoms with Crippen LogP contribution in [-0.2, 0) is 16.0 Å². The van der Waals surface area contributed by atoms with Gasteiger partial charge in [-0.1, -0.05) is 80.9 Å². The third kappa shape index (κ3) is 8.19. The Hall–Kier alpha value is -3.39. The molecule has 0 saturated heterocycles. The number of hydrogen-bond donors (Lipinski definition) is 3. The van der Waals surface area contributed by atoms with Gasteiger partial charge in [0.2, 0.25) is 5.91 Å². The Kier molecular flexibility index (Phi) is 13.0. The lowest BCUT2D eigenvalue weighted by molar-refractivity contribution is -0.137. The standard InChI is InChI=1S/C25H33N5O2.CH4O/c1-4-5-10-24(32)30(23(17-31)18(2)3)16-15-19-11-13-20(14-12-19)21-8-6-7-9-22(21)25(26)28-29-27;1-2/h6-9,11-14,17-18,23H,4-5,10,15-16H2,1-3H3,(H3,26,27,28);2H,1H3. The fraction of sp³-hybridized carbons (Fsp3) is 0.423. The average Bonchev–Trinajstić information content (AvgIpc) is 2.86. The first-order chi connectivity index (χ1) is 16.4. The molecule has 0 spiro atoms. The summed E-state index contributed by atoms with van der Waals surface area (Å²) in [6, 6.07) is 15.1. The summed E-state index contributed by atoms with van der Waals surface area (Å²) in [7, 11) is 1.00. The number of aldehydes is 1. The van der Waals surface area contributed by atoms with E-state index in [-0.39, 0.29) is 17.7 Å². The van der Waals surface area contributed by atoms with Crippen molar-refractivity contribution in [1.29, 1.82) is 5.41 Å². The van der Waals surface area contributed by atoms with Crippen molar-refractivity contribution in [3.05, 3.63) is 59.7 Å². The molecule has 0 aliphatic rings. The van der Waals surface area contributed by atoms with Gasteiger partial charge in [-0.25, -0.2) is 0 Å². The fourth-order valence-electron chi connectivity index (χ4n) is 3.66. The van der Waals surface area contributed by atoms with E-state index in [1.165, 1.54) is 0 Å². The third-order valence-corrected chi connectivity index (χ3v) is 5.49. The Morgan fingerprint density at radius 1 is 1.15 bits per heavy atom. The molecular weight excluding hydrogens is 430 g/mol. The van der Waals surface area contributed by atoms with Crippen molar-refractivity contribution in [3.63, 3.8) is 0 Å². The van der Waals surface area contributed by atoms with Crippen molar-refractivity contribution >= 4 is 18.0 Å². The van der Waals surface area contributed by atoms with E-state index in [4.69, 9.17) is 16.4 Å². The monoisotopic (exact) mass is 467 g/mol. The normalized spacial score (nSPS) is 11.6. The lowest BCUT2D eigenvalue weighted by atomic mass is 9.97. The summed E-state index contributed by atoms with van der Waals surface area (Å²) in [5.41, 5.74) is 3.54. The lowest BCUT2D eigenvalue weighted by Gasteiger charge is -2.31. The second-order valence-electron chi connectivity index (χ2n) is 8.12. The molecule has 2 rings (SSSR count). The van der Waals surface area contributed by atoms with Crippen LogP contribution in [0.5, 0.6) is 0 Å². The van der Waals surface area contributed by atoms with Gasteiger partial charge in [-0.3, -0.25) is 10.2 Å². The minimum atomic E-state index is -0.409. The first-order valence-electron chi connectivity index (χ1n) is 11.5. The van der Waals surface area contributed by atoms with Gasteiger partial charge in [0.1, 0.15) is 6.29 Å².